The molecule has 5 nitrogen and oxygen atoms in total. The van der Waals surface area contributed by atoms with Gasteiger partial charge in [-0.1, -0.05) is 0 Å². The van der Waals surface area contributed by atoms with E-state index in [-0.39, 0.29) is 11.4 Å². The number of nitro groups is 1. The lowest BCUT2D eigenvalue weighted by Gasteiger charge is -1.99. The number of halogens is 1. The van der Waals surface area contributed by atoms with Gasteiger partial charge in [-0.15, -0.1) is 11.8 Å². The van der Waals surface area contributed by atoms with Crippen LogP contribution < -0.4 is 0 Å². The minimum Gasteiger partial charge on any atom is -0.258 e. The van der Waals surface area contributed by atoms with Gasteiger partial charge in [0.2, 0.25) is 9.05 Å². The number of non-ortho nitro benzene ring substituents is 1. The normalized spacial score (nSPS) is 11.3. The van der Waals surface area contributed by atoms with Gasteiger partial charge in [0, 0.05) is 33.5 Å². The molecule has 8 heteroatoms. The fourth-order valence-corrected chi connectivity index (χ4v) is 3.18. The zero-order chi connectivity index (χ0) is 12.2. The standard InChI is InChI=1S/C8H8ClNO4S2/c9-16(13,14)6-5-15-8-3-1-7(2-4-8)10(11)12/h1-4H,5-6H2. The van der Waals surface area contributed by atoms with E-state index in [0.29, 0.717) is 5.75 Å². The lowest BCUT2D eigenvalue weighted by Crippen LogP contribution is -1.99. The SMILES string of the molecule is O=[N+]([O-])c1ccc(SCCS(=O)(=O)Cl)cc1. The van der Waals surface area contributed by atoms with E-state index >= 15 is 0 Å². The van der Waals surface area contributed by atoms with Crippen molar-refractivity contribution in [3.05, 3.63) is 34.4 Å². The highest BCUT2D eigenvalue weighted by Gasteiger charge is 2.07. The number of hydrogen-bond acceptors (Lipinski definition) is 5. The average molecular weight is 282 g/mol. The topological polar surface area (TPSA) is 77.3 Å². The molecule has 0 heterocycles. The van der Waals surface area contributed by atoms with Crippen molar-refractivity contribution in [2.75, 3.05) is 11.5 Å². The predicted octanol–water partition coefficient (Wildman–Crippen LogP) is 2.26. The Morgan fingerprint density at radius 3 is 2.31 bits per heavy atom. The van der Waals surface area contributed by atoms with Crippen LogP contribution in [0.25, 0.3) is 0 Å². The number of nitrogens with zero attached hydrogens (tertiary/aromatic N) is 1. The molecule has 0 saturated carbocycles. The Labute approximate surface area is 101 Å². The summed E-state index contributed by atoms with van der Waals surface area (Å²) in [5.41, 5.74) is 0.00862. The first-order chi connectivity index (χ1) is 7.38. The maximum Gasteiger partial charge on any atom is 0.269 e. The minimum atomic E-state index is -3.47. The van der Waals surface area contributed by atoms with Crippen molar-refractivity contribution < 1.29 is 13.3 Å². The quantitative estimate of drug-likeness (QED) is 0.358. The van der Waals surface area contributed by atoms with Crippen LogP contribution >= 0.6 is 22.4 Å². The summed E-state index contributed by atoms with van der Waals surface area (Å²) in [4.78, 5) is 10.6. The molecule has 1 aromatic carbocycles. The van der Waals surface area contributed by atoms with Gasteiger partial charge in [-0.3, -0.25) is 10.1 Å². The molecule has 0 spiro atoms. The van der Waals surface area contributed by atoms with Crippen LogP contribution in [0.15, 0.2) is 29.2 Å². The van der Waals surface area contributed by atoms with Crippen LogP contribution in [0.2, 0.25) is 0 Å². The highest BCUT2D eigenvalue weighted by Crippen LogP contribution is 2.21. The highest BCUT2D eigenvalue weighted by atomic mass is 35.7. The molecule has 0 aromatic heterocycles. The van der Waals surface area contributed by atoms with Gasteiger partial charge < -0.3 is 0 Å². The third-order valence-corrected chi connectivity index (χ3v) is 4.07. The Morgan fingerprint density at radius 1 is 1.31 bits per heavy atom. The van der Waals surface area contributed by atoms with Gasteiger partial charge in [-0.2, -0.15) is 0 Å². The second-order valence-corrected chi connectivity index (χ2v) is 6.91. The van der Waals surface area contributed by atoms with Gasteiger partial charge in [0.05, 0.1) is 10.7 Å². The zero-order valence-corrected chi connectivity index (χ0v) is 10.4. The summed E-state index contributed by atoms with van der Waals surface area (Å²) in [5.74, 6) is 0.194. The Hall–Kier alpha value is -0.790. The summed E-state index contributed by atoms with van der Waals surface area (Å²) in [6, 6.07) is 5.89. The Bertz CT molecular complexity index is 471. The largest absolute Gasteiger partial charge is 0.269 e. The molecule has 16 heavy (non-hydrogen) atoms. The number of hydrogen-bond donors (Lipinski definition) is 0. The minimum absolute atomic E-state index is 0.00862. The molecule has 0 saturated heterocycles. The van der Waals surface area contributed by atoms with Crippen molar-refractivity contribution in [3.8, 4) is 0 Å². The Balaban J connectivity index is 2.53. The third kappa shape index (κ3) is 4.82. The predicted molar refractivity (Wildman–Crippen MR) is 63.5 cm³/mol. The van der Waals surface area contributed by atoms with Gasteiger partial charge in [-0.25, -0.2) is 8.42 Å². The van der Waals surface area contributed by atoms with Crippen LogP contribution in [0.5, 0.6) is 0 Å². The molecular formula is C8H8ClNO4S2. The molecule has 0 aliphatic rings. The van der Waals surface area contributed by atoms with E-state index in [9.17, 15) is 18.5 Å². The maximum atomic E-state index is 10.6. The van der Waals surface area contributed by atoms with Gasteiger partial charge in [-0.05, 0) is 12.1 Å². The molecule has 0 amide bonds. The summed E-state index contributed by atoms with van der Waals surface area (Å²) in [5, 5.41) is 10.4. The van der Waals surface area contributed by atoms with E-state index in [4.69, 9.17) is 10.7 Å². The molecule has 0 radical (unpaired) electrons. The number of benzene rings is 1. The molecule has 0 aliphatic carbocycles. The van der Waals surface area contributed by atoms with Crippen molar-refractivity contribution >= 4 is 37.2 Å². The maximum absolute atomic E-state index is 10.6. The molecule has 1 rings (SSSR count). The van der Waals surface area contributed by atoms with Crippen LogP contribution in [0.4, 0.5) is 5.69 Å². The third-order valence-electron chi connectivity index (χ3n) is 1.64. The number of rotatable bonds is 5. The molecule has 0 N–H and O–H groups in total. The van der Waals surface area contributed by atoms with Crippen molar-refractivity contribution in [2.45, 2.75) is 4.90 Å². The summed E-state index contributed by atoms with van der Waals surface area (Å²) in [6.45, 7) is 0. The number of nitro benzene ring substituents is 1. The Morgan fingerprint density at radius 2 is 1.88 bits per heavy atom. The van der Waals surface area contributed by atoms with Gasteiger partial charge in [0.1, 0.15) is 0 Å². The van der Waals surface area contributed by atoms with Crippen LogP contribution in [-0.4, -0.2) is 24.8 Å². The second-order valence-electron chi connectivity index (χ2n) is 2.84. The van der Waals surface area contributed by atoms with E-state index in [1.54, 1.807) is 12.1 Å². The summed E-state index contributed by atoms with van der Waals surface area (Å²) in [7, 11) is 1.56. The average Bonchev–Trinajstić information content (AvgIpc) is 2.16. The Kier molecular flexibility index (Phi) is 4.57. The summed E-state index contributed by atoms with van der Waals surface area (Å²) >= 11 is 1.28. The van der Waals surface area contributed by atoms with Gasteiger partial charge in [0.25, 0.3) is 5.69 Å². The first-order valence-electron chi connectivity index (χ1n) is 4.18. The molecule has 1 aromatic rings. The van der Waals surface area contributed by atoms with Crippen LogP contribution in [0, 0.1) is 10.1 Å². The lowest BCUT2D eigenvalue weighted by atomic mass is 10.3. The van der Waals surface area contributed by atoms with E-state index in [0.717, 1.165) is 4.90 Å². The van der Waals surface area contributed by atoms with Crippen molar-refractivity contribution in [1.29, 1.82) is 0 Å². The van der Waals surface area contributed by atoms with Crippen molar-refractivity contribution in [2.24, 2.45) is 0 Å². The first-order valence-corrected chi connectivity index (χ1v) is 7.64. The molecule has 0 atom stereocenters. The van der Waals surface area contributed by atoms with Gasteiger partial charge >= 0.3 is 0 Å². The molecule has 0 bridgehead atoms. The fraction of sp³-hybridized carbons (Fsp3) is 0.250. The summed E-state index contributed by atoms with van der Waals surface area (Å²) in [6.07, 6.45) is 0. The smallest absolute Gasteiger partial charge is 0.258 e. The molecule has 0 fully saturated rings. The van der Waals surface area contributed by atoms with Crippen molar-refractivity contribution in [1.82, 2.24) is 0 Å². The van der Waals surface area contributed by atoms with Gasteiger partial charge in [0.15, 0.2) is 0 Å². The van der Waals surface area contributed by atoms with Crippen LogP contribution in [0.1, 0.15) is 0 Å². The monoisotopic (exact) mass is 281 g/mol. The van der Waals surface area contributed by atoms with Crippen molar-refractivity contribution in [3.63, 3.8) is 0 Å². The molecule has 88 valence electrons. The van der Waals surface area contributed by atoms with E-state index in [1.165, 1.54) is 23.9 Å². The van der Waals surface area contributed by atoms with Crippen LogP contribution in [0.3, 0.4) is 0 Å². The molecule has 0 aliphatic heterocycles. The van der Waals surface area contributed by atoms with E-state index in [1.807, 2.05) is 0 Å². The molecular weight excluding hydrogens is 274 g/mol. The molecule has 0 unspecified atom stereocenters. The zero-order valence-electron chi connectivity index (χ0n) is 8.00. The second kappa shape index (κ2) is 5.51. The fourth-order valence-electron chi connectivity index (χ4n) is 0.923. The lowest BCUT2D eigenvalue weighted by molar-refractivity contribution is -0.384. The summed E-state index contributed by atoms with van der Waals surface area (Å²) < 4.78 is 21.3. The highest BCUT2D eigenvalue weighted by molar-refractivity contribution is 8.14. The van der Waals surface area contributed by atoms with E-state index in [2.05, 4.69) is 0 Å². The van der Waals surface area contributed by atoms with Crippen LogP contribution in [-0.2, 0) is 9.05 Å². The first kappa shape index (κ1) is 13.3. The number of thioether (sulfide) groups is 1. The van der Waals surface area contributed by atoms with E-state index < -0.39 is 14.0 Å².